The van der Waals surface area contributed by atoms with Crippen LogP contribution >= 0.6 is 0 Å². The van der Waals surface area contributed by atoms with Crippen molar-refractivity contribution < 1.29 is 18.6 Å². The summed E-state index contributed by atoms with van der Waals surface area (Å²) in [7, 11) is 0. The van der Waals surface area contributed by atoms with Gasteiger partial charge in [0.15, 0.2) is 0 Å². The third kappa shape index (κ3) is 2.27. The zero-order valence-electron chi connectivity index (χ0n) is 10.9. The molecule has 4 heteroatoms. The molecule has 1 aliphatic rings. The van der Waals surface area contributed by atoms with Crippen LogP contribution in [0, 0.1) is 18.6 Å². The number of hydrogen-bond acceptors (Lipinski definition) is 2. The highest BCUT2D eigenvalue weighted by Gasteiger charge is 2.28. The van der Waals surface area contributed by atoms with Gasteiger partial charge in [0.05, 0.1) is 6.10 Å². The van der Waals surface area contributed by atoms with Gasteiger partial charge >= 0.3 is 0 Å². The van der Waals surface area contributed by atoms with E-state index >= 15 is 0 Å². The van der Waals surface area contributed by atoms with Gasteiger partial charge < -0.3 is 9.84 Å². The molecule has 2 nitrogen and oxygen atoms in total. The molecule has 2 aromatic carbocycles. The SMILES string of the molecule is Cc1ccc(C2CC(O)c3ccc(F)cc3O2)cc1F. The quantitative estimate of drug-likeness (QED) is 0.857. The molecule has 0 radical (unpaired) electrons. The summed E-state index contributed by atoms with van der Waals surface area (Å²) in [6, 6.07) is 8.88. The van der Waals surface area contributed by atoms with E-state index in [0.717, 1.165) is 0 Å². The highest BCUT2D eigenvalue weighted by Crippen LogP contribution is 2.41. The number of aliphatic hydroxyl groups is 1. The van der Waals surface area contributed by atoms with E-state index in [1.165, 1.54) is 24.3 Å². The minimum absolute atomic E-state index is 0.314. The molecule has 0 fully saturated rings. The summed E-state index contributed by atoms with van der Waals surface area (Å²) in [6.45, 7) is 1.68. The number of halogens is 2. The normalized spacial score (nSPS) is 21.2. The lowest BCUT2D eigenvalue weighted by molar-refractivity contribution is 0.0652. The maximum Gasteiger partial charge on any atom is 0.128 e. The fourth-order valence-electron chi connectivity index (χ4n) is 2.43. The summed E-state index contributed by atoms with van der Waals surface area (Å²) < 4.78 is 32.6. The summed E-state index contributed by atoms with van der Waals surface area (Å²) in [6.07, 6.45) is -0.899. The zero-order chi connectivity index (χ0) is 14.3. The molecule has 1 aliphatic heterocycles. The van der Waals surface area contributed by atoms with E-state index in [2.05, 4.69) is 0 Å². The number of fused-ring (bicyclic) bond motifs is 1. The first-order valence-corrected chi connectivity index (χ1v) is 6.45. The molecule has 0 spiro atoms. The van der Waals surface area contributed by atoms with Crippen LogP contribution < -0.4 is 4.74 Å². The van der Waals surface area contributed by atoms with Gasteiger partial charge in [0, 0.05) is 18.1 Å². The van der Waals surface area contributed by atoms with Gasteiger partial charge in [-0.2, -0.15) is 0 Å². The minimum Gasteiger partial charge on any atom is -0.485 e. The molecule has 0 amide bonds. The van der Waals surface area contributed by atoms with E-state index in [0.29, 0.717) is 28.9 Å². The fraction of sp³-hybridized carbons (Fsp3) is 0.250. The summed E-state index contributed by atoms with van der Waals surface area (Å²) >= 11 is 0. The number of aryl methyl sites for hydroxylation is 1. The van der Waals surface area contributed by atoms with Gasteiger partial charge in [-0.05, 0) is 36.2 Å². The smallest absolute Gasteiger partial charge is 0.128 e. The molecule has 104 valence electrons. The molecule has 0 aromatic heterocycles. The van der Waals surface area contributed by atoms with Crippen LogP contribution in [0.5, 0.6) is 5.75 Å². The van der Waals surface area contributed by atoms with E-state index in [9.17, 15) is 13.9 Å². The minimum atomic E-state index is -0.742. The van der Waals surface area contributed by atoms with E-state index in [4.69, 9.17) is 4.74 Å². The van der Waals surface area contributed by atoms with Crippen molar-refractivity contribution in [3.63, 3.8) is 0 Å². The first kappa shape index (κ1) is 13.1. The molecular weight excluding hydrogens is 262 g/mol. The van der Waals surface area contributed by atoms with Crippen molar-refractivity contribution in [2.75, 3.05) is 0 Å². The number of benzene rings is 2. The van der Waals surface area contributed by atoms with Crippen molar-refractivity contribution >= 4 is 0 Å². The summed E-state index contributed by atoms with van der Waals surface area (Å²) in [5.41, 5.74) is 1.76. The molecule has 1 heterocycles. The average Bonchev–Trinajstić information content (AvgIpc) is 2.41. The summed E-state index contributed by atoms with van der Waals surface area (Å²) in [4.78, 5) is 0. The van der Waals surface area contributed by atoms with Crippen LogP contribution in [0.3, 0.4) is 0 Å². The Hall–Kier alpha value is -1.94. The molecule has 0 saturated carbocycles. The van der Waals surface area contributed by atoms with E-state index in [1.54, 1.807) is 19.1 Å². The molecule has 3 rings (SSSR count). The zero-order valence-corrected chi connectivity index (χ0v) is 10.9. The number of aliphatic hydroxyl groups excluding tert-OH is 1. The van der Waals surface area contributed by atoms with Crippen LogP contribution in [0.4, 0.5) is 8.78 Å². The first-order valence-electron chi connectivity index (χ1n) is 6.45. The Bertz CT molecular complexity index is 655. The fourth-order valence-corrected chi connectivity index (χ4v) is 2.43. The van der Waals surface area contributed by atoms with Gasteiger partial charge in [0.2, 0.25) is 0 Å². The van der Waals surface area contributed by atoms with Gasteiger partial charge in [0.1, 0.15) is 23.5 Å². The standard InChI is InChI=1S/C16H14F2O2/c1-9-2-3-10(6-13(9)18)15-8-14(19)12-5-4-11(17)7-16(12)20-15/h2-7,14-15,19H,8H2,1H3. The Balaban J connectivity index is 1.96. The Morgan fingerprint density at radius 3 is 2.70 bits per heavy atom. The summed E-state index contributed by atoms with van der Waals surface area (Å²) in [5.74, 6) is -0.424. The monoisotopic (exact) mass is 276 g/mol. The Kier molecular flexibility index (Phi) is 3.18. The Labute approximate surface area is 115 Å². The molecule has 1 N–H and O–H groups in total. The van der Waals surface area contributed by atoms with Crippen molar-refractivity contribution in [2.45, 2.75) is 25.6 Å². The lowest BCUT2D eigenvalue weighted by Crippen LogP contribution is -2.19. The highest BCUT2D eigenvalue weighted by atomic mass is 19.1. The van der Waals surface area contributed by atoms with Crippen LogP contribution in [-0.4, -0.2) is 5.11 Å². The molecule has 0 bridgehead atoms. The average molecular weight is 276 g/mol. The van der Waals surface area contributed by atoms with Gasteiger partial charge in [-0.3, -0.25) is 0 Å². The van der Waals surface area contributed by atoms with Crippen LogP contribution in [0.1, 0.15) is 35.3 Å². The largest absolute Gasteiger partial charge is 0.485 e. The third-order valence-electron chi connectivity index (χ3n) is 3.61. The first-order chi connectivity index (χ1) is 9.54. The molecular formula is C16H14F2O2. The van der Waals surface area contributed by atoms with Crippen molar-refractivity contribution in [1.82, 2.24) is 0 Å². The highest BCUT2D eigenvalue weighted by molar-refractivity contribution is 5.39. The molecule has 0 saturated heterocycles. The molecule has 2 unspecified atom stereocenters. The summed E-state index contributed by atoms with van der Waals surface area (Å²) in [5, 5.41) is 10.1. The maximum absolute atomic E-state index is 13.6. The van der Waals surface area contributed by atoms with Crippen molar-refractivity contribution in [3.8, 4) is 5.75 Å². The second-order valence-corrected chi connectivity index (χ2v) is 5.05. The lowest BCUT2D eigenvalue weighted by Gasteiger charge is -2.30. The van der Waals surface area contributed by atoms with E-state index in [1.807, 2.05) is 0 Å². The van der Waals surface area contributed by atoms with Gasteiger partial charge in [-0.25, -0.2) is 8.78 Å². The molecule has 2 atom stereocenters. The van der Waals surface area contributed by atoms with Crippen molar-refractivity contribution in [3.05, 3.63) is 64.7 Å². The van der Waals surface area contributed by atoms with Crippen LogP contribution in [-0.2, 0) is 0 Å². The van der Waals surface area contributed by atoms with Gasteiger partial charge in [0.25, 0.3) is 0 Å². The molecule has 20 heavy (non-hydrogen) atoms. The predicted octanol–water partition coefficient (Wildman–Crippen LogP) is 3.83. The number of ether oxygens (including phenoxy) is 1. The number of hydrogen-bond donors (Lipinski definition) is 1. The van der Waals surface area contributed by atoms with Crippen LogP contribution in [0.2, 0.25) is 0 Å². The Morgan fingerprint density at radius 2 is 1.95 bits per heavy atom. The molecule has 0 aliphatic carbocycles. The second-order valence-electron chi connectivity index (χ2n) is 5.05. The van der Waals surface area contributed by atoms with Gasteiger partial charge in [-0.15, -0.1) is 0 Å². The predicted molar refractivity (Wildman–Crippen MR) is 70.5 cm³/mol. The van der Waals surface area contributed by atoms with Crippen molar-refractivity contribution in [2.24, 2.45) is 0 Å². The lowest BCUT2D eigenvalue weighted by atomic mass is 9.94. The second kappa shape index (κ2) is 4.87. The van der Waals surface area contributed by atoms with Gasteiger partial charge in [-0.1, -0.05) is 12.1 Å². The van der Waals surface area contributed by atoms with Crippen LogP contribution in [0.25, 0.3) is 0 Å². The topological polar surface area (TPSA) is 29.5 Å². The van der Waals surface area contributed by atoms with E-state index in [-0.39, 0.29) is 5.82 Å². The van der Waals surface area contributed by atoms with Crippen molar-refractivity contribution in [1.29, 1.82) is 0 Å². The Morgan fingerprint density at radius 1 is 1.15 bits per heavy atom. The van der Waals surface area contributed by atoms with Crippen LogP contribution in [0.15, 0.2) is 36.4 Å². The number of rotatable bonds is 1. The van der Waals surface area contributed by atoms with E-state index < -0.39 is 18.0 Å². The third-order valence-corrected chi connectivity index (χ3v) is 3.61. The molecule has 2 aromatic rings. The maximum atomic E-state index is 13.6.